The Morgan fingerprint density at radius 2 is 1.64 bits per heavy atom. The summed E-state index contributed by atoms with van der Waals surface area (Å²) in [4.78, 5) is 44.3. The maximum absolute atomic E-state index is 13.8. The molecule has 1 fully saturated rings. The molecule has 0 bridgehead atoms. The fourth-order valence-electron chi connectivity index (χ4n) is 5.63. The number of carbonyl (C=O) groups is 3. The first kappa shape index (κ1) is 36.8. The lowest BCUT2D eigenvalue weighted by molar-refractivity contribution is -0.137. The van der Waals surface area contributed by atoms with Crippen LogP contribution in [0.2, 0.25) is 0 Å². The van der Waals surface area contributed by atoms with Gasteiger partial charge in [0, 0.05) is 38.9 Å². The number of amides is 3. The molecule has 1 aromatic rings. The average molecular weight is 609 g/mol. The highest BCUT2D eigenvalue weighted by atomic mass is 16.3. The van der Waals surface area contributed by atoms with Gasteiger partial charge in [0.1, 0.15) is 12.1 Å². The number of likely N-dealkylation sites (N-methyl/N-ethyl adjacent to an activating group) is 2. The van der Waals surface area contributed by atoms with Gasteiger partial charge >= 0.3 is 0 Å². The Balaban J connectivity index is 2.26. The molecule has 9 nitrogen and oxygen atoms in total. The number of benzene rings is 1. The molecule has 1 aliphatic rings. The van der Waals surface area contributed by atoms with E-state index < -0.39 is 47.9 Å². The topological polar surface area (TPSA) is 122 Å². The Labute approximate surface area is 264 Å². The molecule has 1 aliphatic carbocycles. The van der Waals surface area contributed by atoms with Gasteiger partial charge in [-0.2, -0.15) is 0 Å². The van der Waals surface area contributed by atoms with Gasteiger partial charge in [-0.05, 0) is 45.3 Å². The van der Waals surface area contributed by atoms with Gasteiger partial charge in [0.25, 0.3) is 0 Å². The molecule has 2 rings (SSSR count). The van der Waals surface area contributed by atoms with Crippen molar-refractivity contribution in [3.8, 4) is 24.7 Å². The van der Waals surface area contributed by atoms with Crippen molar-refractivity contribution in [2.75, 3.05) is 34.2 Å². The number of aliphatic hydroxyl groups excluding tert-OH is 2. The molecule has 9 heteroatoms. The normalized spacial score (nSPS) is 17.7. The zero-order chi connectivity index (χ0) is 32.6. The van der Waals surface area contributed by atoms with Crippen molar-refractivity contribution in [2.24, 2.45) is 17.8 Å². The lowest BCUT2D eigenvalue weighted by Gasteiger charge is -2.33. The van der Waals surface area contributed by atoms with Crippen molar-refractivity contribution in [2.45, 2.75) is 89.0 Å². The Hall–Kier alpha value is -3.37. The predicted octanol–water partition coefficient (Wildman–Crippen LogP) is 2.21. The summed E-state index contributed by atoms with van der Waals surface area (Å²) in [6.45, 7) is 2.86. The maximum atomic E-state index is 13.8. The van der Waals surface area contributed by atoms with Crippen LogP contribution in [0.1, 0.15) is 63.9 Å². The first-order valence-corrected chi connectivity index (χ1v) is 15.8. The molecule has 4 unspecified atom stereocenters. The van der Waals surface area contributed by atoms with Crippen LogP contribution in [-0.4, -0.2) is 96.3 Å². The van der Waals surface area contributed by atoms with Crippen molar-refractivity contribution in [1.82, 2.24) is 20.4 Å². The lowest BCUT2D eigenvalue weighted by atomic mass is 9.82. The van der Waals surface area contributed by atoms with E-state index in [4.69, 9.17) is 12.8 Å². The van der Waals surface area contributed by atoms with E-state index in [9.17, 15) is 24.6 Å². The zero-order valence-electron chi connectivity index (χ0n) is 26.9. The molecule has 3 amide bonds. The van der Waals surface area contributed by atoms with Crippen LogP contribution in [0.3, 0.4) is 0 Å². The molecule has 0 aliphatic heterocycles. The fraction of sp³-hybridized carbons (Fsp3) is 0.629. The van der Waals surface area contributed by atoms with E-state index in [1.807, 2.05) is 49.3 Å². The SMILES string of the molecule is C#CCC(O)[C@H](O)C(CC1CCCCC1)NC(=O)[C@@H](NC(=O)C(CC(=O)N(C)CCN(C)C)Cc1ccccc1)C(C)C#C. The minimum absolute atomic E-state index is 0.0370. The number of terminal acetylenes is 2. The summed E-state index contributed by atoms with van der Waals surface area (Å²) >= 11 is 0. The van der Waals surface area contributed by atoms with Crippen LogP contribution in [0.4, 0.5) is 0 Å². The van der Waals surface area contributed by atoms with Gasteiger partial charge in [-0.15, -0.1) is 24.7 Å². The van der Waals surface area contributed by atoms with E-state index in [1.165, 1.54) is 0 Å². The number of rotatable bonds is 17. The average Bonchev–Trinajstić information content (AvgIpc) is 3.01. The number of aliphatic hydroxyl groups is 2. The third-order valence-corrected chi connectivity index (χ3v) is 8.54. The molecule has 6 atom stereocenters. The molecule has 0 heterocycles. The lowest BCUT2D eigenvalue weighted by Crippen LogP contribution is -2.57. The Morgan fingerprint density at radius 3 is 2.23 bits per heavy atom. The molecule has 4 N–H and O–H groups in total. The van der Waals surface area contributed by atoms with Crippen LogP contribution < -0.4 is 10.6 Å². The first-order chi connectivity index (χ1) is 21.0. The number of carbonyl (C=O) groups excluding carboxylic acids is 3. The maximum Gasteiger partial charge on any atom is 0.244 e. The summed E-state index contributed by atoms with van der Waals surface area (Å²) in [5.74, 6) is 2.60. The second kappa shape index (κ2) is 19.1. The van der Waals surface area contributed by atoms with Gasteiger partial charge in [-0.1, -0.05) is 62.4 Å². The van der Waals surface area contributed by atoms with E-state index in [1.54, 1.807) is 18.9 Å². The minimum atomic E-state index is -1.28. The summed E-state index contributed by atoms with van der Waals surface area (Å²) in [5, 5.41) is 27.2. The number of hydrogen-bond acceptors (Lipinski definition) is 6. The minimum Gasteiger partial charge on any atom is -0.389 e. The monoisotopic (exact) mass is 608 g/mol. The largest absolute Gasteiger partial charge is 0.389 e. The molecule has 0 saturated heterocycles. The van der Waals surface area contributed by atoms with E-state index in [-0.39, 0.29) is 24.7 Å². The third-order valence-electron chi connectivity index (χ3n) is 8.54. The fourth-order valence-corrected chi connectivity index (χ4v) is 5.63. The van der Waals surface area contributed by atoms with Gasteiger partial charge in [-0.25, -0.2) is 0 Å². The molecular formula is C35H52N4O5. The second-order valence-corrected chi connectivity index (χ2v) is 12.5. The third kappa shape index (κ3) is 12.3. The van der Waals surface area contributed by atoms with Gasteiger partial charge in [-0.3, -0.25) is 14.4 Å². The van der Waals surface area contributed by atoms with Crippen molar-refractivity contribution in [1.29, 1.82) is 0 Å². The summed E-state index contributed by atoms with van der Waals surface area (Å²) < 4.78 is 0. The van der Waals surface area contributed by atoms with E-state index in [0.717, 1.165) is 37.7 Å². The summed E-state index contributed by atoms with van der Waals surface area (Å²) in [6, 6.07) is 7.54. The number of nitrogens with zero attached hydrogens (tertiary/aromatic N) is 2. The predicted molar refractivity (Wildman–Crippen MR) is 173 cm³/mol. The Kier molecular flexibility index (Phi) is 16.0. The Bertz CT molecular complexity index is 1120. The Morgan fingerprint density at radius 1 is 0.977 bits per heavy atom. The van der Waals surface area contributed by atoms with Crippen molar-refractivity contribution < 1.29 is 24.6 Å². The van der Waals surface area contributed by atoms with Crippen molar-refractivity contribution >= 4 is 17.7 Å². The van der Waals surface area contributed by atoms with Crippen LogP contribution in [0, 0.1) is 42.4 Å². The van der Waals surface area contributed by atoms with Crippen molar-refractivity contribution in [3.05, 3.63) is 35.9 Å². The highest BCUT2D eigenvalue weighted by Gasteiger charge is 2.35. The smallest absolute Gasteiger partial charge is 0.244 e. The van der Waals surface area contributed by atoms with Gasteiger partial charge < -0.3 is 30.6 Å². The van der Waals surface area contributed by atoms with Crippen LogP contribution in [0.5, 0.6) is 0 Å². The molecule has 1 aromatic carbocycles. The van der Waals surface area contributed by atoms with Gasteiger partial charge in [0.2, 0.25) is 17.7 Å². The van der Waals surface area contributed by atoms with E-state index in [0.29, 0.717) is 25.9 Å². The number of hydrogen-bond donors (Lipinski definition) is 4. The van der Waals surface area contributed by atoms with E-state index in [2.05, 4.69) is 22.5 Å². The van der Waals surface area contributed by atoms with E-state index >= 15 is 0 Å². The summed E-state index contributed by atoms with van der Waals surface area (Å²) in [7, 11) is 5.57. The highest BCUT2D eigenvalue weighted by Crippen LogP contribution is 2.29. The van der Waals surface area contributed by atoms with Gasteiger partial charge in [0.05, 0.1) is 18.1 Å². The second-order valence-electron chi connectivity index (χ2n) is 12.5. The van der Waals surface area contributed by atoms with Gasteiger partial charge in [0.15, 0.2) is 0 Å². The first-order valence-electron chi connectivity index (χ1n) is 15.8. The molecular weight excluding hydrogens is 556 g/mol. The van der Waals surface area contributed by atoms with Crippen LogP contribution >= 0.6 is 0 Å². The molecule has 44 heavy (non-hydrogen) atoms. The molecule has 1 saturated carbocycles. The zero-order valence-corrected chi connectivity index (χ0v) is 26.9. The standard InChI is InChI=1S/C35H52N4O5/c1-7-15-30(40)33(42)29(23-27-18-13-10-14-19-27)36-35(44)32(25(3)8-2)37-34(43)28(22-26-16-11-9-12-17-26)24-31(41)39(6)21-20-38(4)5/h1-2,9,11-12,16-17,25,27-30,32-33,40,42H,10,13-15,18-24H2,3-6H3,(H,36,44)(H,37,43)/t25?,28?,29?,30?,32-,33+/m0/s1. The highest BCUT2D eigenvalue weighted by molar-refractivity contribution is 5.91. The molecule has 0 radical (unpaired) electrons. The van der Waals surface area contributed by atoms with Crippen LogP contribution in [-0.2, 0) is 20.8 Å². The molecule has 0 aromatic heterocycles. The summed E-state index contributed by atoms with van der Waals surface area (Å²) in [6.07, 6.45) is 14.6. The van der Waals surface area contributed by atoms with Crippen LogP contribution in [0.25, 0.3) is 0 Å². The van der Waals surface area contributed by atoms with Crippen molar-refractivity contribution in [3.63, 3.8) is 0 Å². The number of nitrogens with one attached hydrogen (secondary N) is 2. The molecule has 242 valence electrons. The molecule has 0 spiro atoms. The van der Waals surface area contributed by atoms with Crippen LogP contribution in [0.15, 0.2) is 30.3 Å². The quantitative estimate of drug-likeness (QED) is 0.201. The summed E-state index contributed by atoms with van der Waals surface area (Å²) in [5.41, 5.74) is 0.889.